The fraction of sp³-hybridized carbons (Fsp3) is 0.500. The molecule has 4 rings (SSSR count). The molecule has 2 aromatic rings. The summed E-state index contributed by atoms with van der Waals surface area (Å²) < 4.78 is 5.97. The molecule has 0 amide bonds. The quantitative estimate of drug-likeness (QED) is 0.822. The van der Waals surface area contributed by atoms with Gasteiger partial charge in [0.25, 0.3) is 0 Å². The lowest BCUT2D eigenvalue weighted by Crippen LogP contribution is -2.54. The Morgan fingerprint density at radius 1 is 1.11 bits per heavy atom. The zero-order chi connectivity index (χ0) is 18.8. The topological polar surface area (TPSA) is 65.0 Å². The van der Waals surface area contributed by atoms with E-state index in [1.807, 2.05) is 36.4 Å². The third-order valence-corrected chi connectivity index (χ3v) is 5.12. The summed E-state index contributed by atoms with van der Waals surface area (Å²) in [6.45, 7) is 3.14. The Labute approximate surface area is 160 Å². The zero-order valence-corrected chi connectivity index (χ0v) is 15.9. The van der Waals surface area contributed by atoms with E-state index >= 15 is 0 Å². The highest BCUT2D eigenvalue weighted by Crippen LogP contribution is 2.28. The summed E-state index contributed by atoms with van der Waals surface area (Å²) in [4.78, 5) is 15.5. The first-order valence-corrected chi connectivity index (χ1v) is 9.46. The number of aliphatic hydroxyl groups is 1. The van der Waals surface area contributed by atoms with E-state index in [9.17, 15) is 5.11 Å². The number of nitrogens with zero attached hydrogens (tertiary/aromatic N) is 5. The maximum Gasteiger partial charge on any atom is 0.134 e. The minimum Gasteiger partial charge on any atom is -0.487 e. The molecular formula is C20H27N5O2. The Hall–Kier alpha value is -2.38. The van der Waals surface area contributed by atoms with Crippen molar-refractivity contribution in [2.24, 2.45) is 0 Å². The van der Waals surface area contributed by atoms with E-state index in [1.54, 1.807) is 6.33 Å². The number of anilines is 2. The van der Waals surface area contributed by atoms with Crippen LogP contribution in [0.15, 0.2) is 42.7 Å². The number of ether oxygens (including phenoxy) is 1. The van der Waals surface area contributed by atoms with Gasteiger partial charge in [0.15, 0.2) is 0 Å². The van der Waals surface area contributed by atoms with Crippen LogP contribution in [0.4, 0.5) is 11.6 Å². The Kier molecular flexibility index (Phi) is 5.13. The highest BCUT2D eigenvalue weighted by Gasteiger charge is 2.34. The van der Waals surface area contributed by atoms with Crippen LogP contribution in [0.3, 0.4) is 0 Å². The molecule has 2 saturated heterocycles. The number of benzene rings is 1. The van der Waals surface area contributed by atoms with Gasteiger partial charge < -0.3 is 24.5 Å². The first-order chi connectivity index (χ1) is 13.1. The van der Waals surface area contributed by atoms with Gasteiger partial charge in [-0.3, -0.25) is 0 Å². The second-order valence-corrected chi connectivity index (χ2v) is 7.65. The molecule has 0 unspecified atom stereocenters. The van der Waals surface area contributed by atoms with E-state index in [0.29, 0.717) is 6.54 Å². The smallest absolute Gasteiger partial charge is 0.134 e. The highest BCUT2D eigenvalue weighted by atomic mass is 16.5. The van der Waals surface area contributed by atoms with E-state index in [1.165, 1.54) is 0 Å². The molecule has 2 fully saturated rings. The summed E-state index contributed by atoms with van der Waals surface area (Å²) in [6, 6.07) is 12.2. The van der Waals surface area contributed by atoms with Crippen LogP contribution in [0.1, 0.15) is 6.42 Å². The SMILES string of the molecule is CN(C)C[C@H]1C[C@@H](O)CN1c1cc(N2CC(Oc3ccccc3)C2)ncn1. The van der Waals surface area contributed by atoms with Crippen LogP contribution in [-0.2, 0) is 0 Å². The molecule has 0 aliphatic carbocycles. The van der Waals surface area contributed by atoms with E-state index < -0.39 is 0 Å². The molecule has 2 atom stereocenters. The van der Waals surface area contributed by atoms with E-state index in [2.05, 4.69) is 38.8 Å². The molecule has 7 heteroatoms. The summed E-state index contributed by atoms with van der Waals surface area (Å²) in [6.07, 6.45) is 2.27. The molecule has 27 heavy (non-hydrogen) atoms. The van der Waals surface area contributed by atoms with Crippen molar-refractivity contribution in [3.05, 3.63) is 42.7 Å². The number of hydrogen-bond donors (Lipinski definition) is 1. The van der Waals surface area contributed by atoms with Gasteiger partial charge in [-0.25, -0.2) is 9.97 Å². The van der Waals surface area contributed by atoms with Crippen molar-refractivity contribution in [1.29, 1.82) is 0 Å². The lowest BCUT2D eigenvalue weighted by molar-refractivity contribution is 0.167. The molecule has 0 spiro atoms. The fourth-order valence-electron chi connectivity index (χ4n) is 3.83. The average Bonchev–Trinajstić information content (AvgIpc) is 2.98. The fourth-order valence-corrected chi connectivity index (χ4v) is 3.83. The van der Waals surface area contributed by atoms with Gasteiger partial charge in [0, 0.05) is 25.2 Å². The van der Waals surface area contributed by atoms with Gasteiger partial charge in [-0.1, -0.05) is 18.2 Å². The van der Waals surface area contributed by atoms with Crippen LogP contribution in [0.2, 0.25) is 0 Å². The lowest BCUT2D eigenvalue weighted by Gasteiger charge is -2.40. The Balaban J connectivity index is 1.40. The van der Waals surface area contributed by atoms with Crippen molar-refractivity contribution < 1.29 is 9.84 Å². The Bertz CT molecular complexity index is 751. The van der Waals surface area contributed by atoms with Crippen LogP contribution in [-0.4, -0.2) is 78.5 Å². The van der Waals surface area contributed by atoms with Crippen LogP contribution in [0.25, 0.3) is 0 Å². The van der Waals surface area contributed by atoms with E-state index in [0.717, 1.165) is 43.4 Å². The number of aromatic nitrogens is 2. The van der Waals surface area contributed by atoms with Gasteiger partial charge in [-0.15, -0.1) is 0 Å². The largest absolute Gasteiger partial charge is 0.487 e. The van der Waals surface area contributed by atoms with Crippen LogP contribution < -0.4 is 14.5 Å². The van der Waals surface area contributed by atoms with Crippen LogP contribution in [0.5, 0.6) is 5.75 Å². The first kappa shape index (κ1) is 18.0. The summed E-state index contributed by atoms with van der Waals surface area (Å²) in [5.74, 6) is 2.71. The third kappa shape index (κ3) is 4.14. The maximum atomic E-state index is 10.1. The number of hydrogen-bond acceptors (Lipinski definition) is 7. The molecule has 0 radical (unpaired) electrons. The highest BCUT2D eigenvalue weighted by molar-refractivity contribution is 5.53. The summed E-state index contributed by atoms with van der Waals surface area (Å²) in [5, 5.41) is 10.1. The minimum atomic E-state index is -0.305. The molecule has 144 valence electrons. The molecule has 1 aromatic carbocycles. The van der Waals surface area contributed by atoms with Gasteiger partial charge in [-0.05, 0) is 32.6 Å². The molecule has 0 bridgehead atoms. The second kappa shape index (κ2) is 7.70. The normalized spacial score (nSPS) is 23.0. The predicted octanol–water partition coefficient (Wildman–Crippen LogP) is 1.25. The summed E-state index contributed by atoms with van der Waals surface area (Å²) in [5.41, 5.74) is 0. The molecular weight excluding hydrogens is 342 g/mol. The standard InChI is InChI=1S/C20H27N5O2/c1-23(2)10-15-8-16(26)11-25(15)20-9-19(21-14-22-20)24-12-18(13-24)27-17-6-4-3-5-7-17/h3-7,9,14-16,18,26H,8,10-13H2,1-2H3/t15-,16-/m1/s1. The number of β-amino-alcohol motifs (C(OH)–C–C–N with tert-alkyl or cyclic N) is 1. The minimum absolute atomic E-state index is 0.181. The van der Waals surface area contributed by atoms with Crippen molar-refractivity contribution in [2.45, 2.75) is 24.7 Å². The Morgan fingerprint density at radius 2 is 1.85 bits per heavy atom. The molecule has 1 N–H and O–H groups in total. The number of rotatable bonds is 6. The number of para-hydroxylation sites is 1. The summed E-state index contributed by atoms with van der Waals surface area (Å²) >= 11 is 0. The van der Waals surface area contributed by atoms with Crippen molar-refractivity contribution in [1.82, 2.24) is 14.9 Å². The zero-order valence-electron chi connectivity index (χ0n) is 15.9. The van der Waals surface area contributed by atoms with Crippen molar-refractivity contribution in [3.8, 4) is 5.75 Å². The van der Waals surface area contributed by atoms with Crippen LogP contribution in [0, 0.1) is 0 Å². The average molecular weight is 369 g/mol. The Morgan fingerprint density at radius 3 is 2.59 bits per heavy atom. The molecule has 1 aromatic heterocycles. The van der Waals surface area contributed by atoms with Gasteiger partial charge in [0.1, 0.15) is 29.8 Å². The van der Waals surface area contributed by atoms with Crippen molar-refractivity contribution in [3.63, 3.8) is 0 Å². The van der Waals surface area contributed by atoms with Gasteiger partial charge in [0.2, 0.25) is 0 Å². The number of aliphatic hydroxyl groups excluding tert-OH is 1. The lowest BCUT2D eigenvalue weighted by atomic mass is 10.1. The first-order valence-electron chi connectivity index (χ1n) is 9.46. The maximum absolute atomic E-state index is 10.1. The number of likely N-dealkylation sites (N-methyl/N-ethyl adjacent to an activating group) is 1. The van der Waals surface area contributed by atoms with E-state index in [-0.39, 0.29) is 18.2 Å². The van der Waals surface area contributed by atoms with Gasteiger partial charge >= 0.3 is 0 Å². The monoisotopic (exact) mass is 369 g/mol. The third-order valence-electron chi connectivity index (χ3n) is 5.12. The molecule has 7 nitrogen and oxygen atoms in total. The summed E-state index contributed by atoms with van der Waals surface area (Å²) in [7, 11) is 4.11. The predicted molar refractivity (Wildman–Crippen MR) is 105 cm³/mol. The second-order valence-electron chi connectivity index (χ2n) is 7.65. The van der Waals surface area contributed by atoms with Crippen molar-refractivity contribution >= 4 is 11.6 Å². The van der Waals surface area contributed by atoms with Crippen molar-refractivity contribution in [2.75, 3.05) is 50.1 Å². The molecule has 0 saturated carbocycles. The molecule has 3 heterocycles. The molecule has 2 aliphatic rings. The molecule has 2 aliphatic heterocycles. The van der Waals surface area contributed by atoms with Crippen LogP contribution >= 0.6 is 0 Å². The van der Waals surface area contributed by atoms with Gasteiger partial charge in [0.05, 0.1) is 19.2 Å². The van der Waals surface area contributed by atoms with E-state index in [4.69, 9.17) is 4.74 Å². The van der Waals surface area contributed by atoms with Gasteiger partial charge in [-0.2, -0.15) is 0 Å².